The molecule has 8 heteroatoms. The van der Waals surface area contributed by atoms with Crippen LogP contribution in [-0.2, 0) is 0 Å². The zero-order chi connectivity index (χ0) is 18.7. The van der Waals surface area contributed by atoms with Crippen LogP contribution in [0, 0.1) is 0 Å². The Labute approximate surface area is 147 Å². The maximum atomic E-state index is 12.3. The van der Waals surface area contributed by atoms with Crippen LogP contribution in [0.4, 0.5) is 8.78 Å². The molecule has 2 aromatic carbocycles. The third-order valence-corrected chi connectivity index (χ3v) is 3.56. The Balaban J connectivity index is 1.92. The van der Waals surface area contributed by atoms with Crippen molar-refractivity contribution in [1.82, 2.24) is 4.98 Å². The van der Waals surface area contributed by atoms with E-state index in [0.717, 1.165) is 0 Å². The lowest BCUT2D eigenvalue weighted by molar-refractivity contribution is -0.0512. The molecule has 0 aliphatic heterocycles. The average Bonchev–Trinajstić information content (AvgIpc) is 3.12. The molecule has 0 aliphatic carbocycles. The monoisotopic (exact) mass is 363 g/mol. The molecule has 0 bridgehead atoms. The molecule has 0 aliphatic rings. The van der Waals surface area contributed by atoms with E-state index in [2.05, 4.69) is 9.72 Å². The van der Waals surface area contributed by atoms with Crippen LogP contribution >= 0.6 is 0 Å². The van der Waals surface area contributed by atoms with Crippen molar-refractivity contribution in [2.24, 2.45) is 0 Å². The molecule has 0 radical (unpaired) electrons. The third kappa shape index (κ3) is 3.69. The summed E-state index contributed by atoms with van der Waals surface area (Å²) in [6.07, 6.45) is 1.46. The summed E-state index contributed by atoms with van der Waals surface area (Å²) in [5.41, 5.74) is 1.09. The number of hydrogen-bond donors (Lipinski definition) is 1. The van der Waals surface area contributed by atoms with Crippen molar-refractivity contribution >= 4 is 0 Å². The first kappa shape index (κ1) is 17.5. The van der Waals surface area contributed by atoms with Crippen molar-refractivity contribution in [3.05, 3.63) is 42.6 Å². The maximum absolute atomic E-state index is 12.3. The minimum Gasteiger partial charge on any atom is -0.504 e. The number of phenolic OH excluding ortho intramolecular Hbond substituents is 1. The van der Waals surface area contributed by atoms with Gasteiger partial charge >= 0.3 is 6.61 Å². The molecule has 1 heterocycles. The number of methoxy groups -OCH3 is 2. The van der Waals surface area contributed by atoms with Gasteiger partial charge in [-0.1, -0.05) is 0 Å². The Bertz CT molecular complexity index is 888. The summed E-state index contributed by atoms with van der Waals surface area (Å²) < 4.78 is 44.9. The molecule has 0 saturated carbocycles. The summed E-state index contributed by atoms with van der Waals surface area (Å²) in [5.74, 6) is 1.06. The van der Waals surface area contributed by atoms with Gasteiger partial charge in [0.2, 0.25) is 5.89 Å². The highest BCUT2D eigenvalue weighted by Crippen LogP contribution is 2.35. The van der Waals surface area contributed by atoms with Gasteiger partial charge in [0.1, 0.15) is 11.5 Å². The molecule has 1 aromatic heterocycles. The first-order chi connectivity index (χ1) is 12.5. The van der Waals surface area contributed by atoms with Crippen LogP contribution in [0.15, 0.2) is 47.0 Å². The average molecular weight is 363 g/mol. The summed E-state index contributed by atoms with van der Waals surface area (Å²) in [6, 6.07) is 9.15. The molecule has 0 fully saturated rings. The Morgan fingerprint density at radius 2 is 1.69 bits per heavy atom. The Morgan fingerprint density at radius 1 is 1.00 bits per heavy atom. The molecule has 0 unspecified atom stereocenters. The Morgan fingerprint density at radius 3 is 2.27 bits per heavy atom. The normalized spacial score (nSPS) is 10.8. The number of alkyl halides is 2. The quantitative estimate of drug-likeness (QED) is 0.703. The van der Waals surface area contributed by atoms with E-state index in [1.54, 1.807) is 18.2 Å². The van der Waals surface area contributed by atoms with E-state index in [1.165, 1.54) is 38.6 Å². The van der Waals surface area contributed by atoms with E-state index in [9.17, 15) is 13.9 Å². The second-order valence-corrected chi connectivity index (χ2v) is 5.19. The van der Waals surface area contributed by atoms with E-state index in [4.69, 9.17) is 13.9 Å². The van der Waals surface area contributed by atoms with Crippen molar-refractivity contribution in [2.45, 2.75) is 6.61 Å². The highest BCUT2D eigenvalue weighted by molar-refractivity contribution is 5.65. The number of aromatic nitrogens is 1. The number of benzene rings is 2. The summed E-state index contributed by atoms with van der Waals surface area (Å²) in [7, 11) is 3.07. The molecule has 6 nitrogen and oxygen atoms in total. The van der Waals surface area contributed by atoms with Gasteiger partial charge in [-0.15, -0.1) is 0 Å². The van der Waals surface area contributed by atoms with Gasteiger partial charge in [0.25, 0.3) is 0 Å². The number of halogens is 2. The van der Waals surface area contributed by atoms with Gasteiger partial charge in [-0.3, -0.25) is 0 Å². The van der Waals surface area contributed by atoms with Crippen LogP contribution in [0.25, 0.3) is 22.8 Å². The lowest BCUT2D eigenvalue weighted by Gasteiger charge is -2.07. The molecule has 0 saturated heterocycles. The predicted octanol–water partition coefficient (Wildman–Crippen LogP) is 4.33. The van der Waals surface area contributed by atoms with Gasteiger partial charge in [-0.2, -0.15) is 8.78 Å². The first-order valence-corrected chi connectivity index (χ1v) is 7.47. The largest absolute Gasteiger partial charge is 0.504 e. The minimum absolute atomic E-state index is 0.310. The number of aromatic hydroxyl groups is 1. The lowest BCUT2D eigenvalue weighted by atomic mass is 10.1. The Hall–Kier alpha value is -3.29. The number of nitrogens with zero attached hydrogens (tertiary/aromatic N) is 1. The van der Waals surface area contributed by atoms with Crippen molar-refractivity contribution in [1.29, 1.82) is 0 Å². The van der Waals surface area contributed by atoms with Crippen LogP contribution in [0.3, 0.4) is 0 Å². The second kappa shape index (κ2) is 7.30. The molecule has 3 aromatic rings. The van der Waals surface area contributed by atoms with Crippen LogP contribution in [0.5, 0.6) is 23.0 Å². The molecule has 26 heavy (non-hydrogen) atoms. The van der Waals surface area contributed by atoms with Gasteiger partial charge in [0, 0.05) is 17.2 Å². The molecule has 136 valence electrons. The SMILES string of the molecule is COc1cc(OC)cc(-c2ncc(-c3ccc(OC(F)F)c(O)c3)o2)c1. The summed E-state index contributed by atoms with van der Waals surface area (Å²) in [5, 5.41) is 9.81. The van der Waals surface area contributed by atoms with Gasteiger partial charge < -0.3 is 23.7 Å². The molecule has 3 rings (SSSR count). The number of phenols is 1. The molecule has 0 amide bonds. The fourth-order valence-corrected chi connectivity index (χ4v) is 2.34. The first-order valence-electron chi connectivity index (χ1n) is 7.47. The van der Waals surface area contributed by atoms with E-state index in [1.807, 2.05) is 0 Å². The summed E-state index contributed by atoms with van der Waals surface area (Å²) >= 11 is 0. The summed E-state index contributed by atoms with van der Waals surface area (Å²) in [6.45, 7) is -3.02. The van der Waals surface area contributed by atoms with Crippen molar-refractivity contribution in [3.63, 3.8) is 0 Å². The van der Waals surface area contributed by atoms with Crippen LogP contribution in [-0.4, -0.2) is 30.9 Å². The topological polar surface area (TPSA) is 74.0 Å². The third-order valence-electron chi connectivity index (χ3n) is 3.56. The number of ether oxygens (including phenoxy) is 3. The zero-order valence-corrected chi connectivity index (χ0v) is 13.9. The van der Waals surface area contributed by atoms with Crippen molar-refractivity contribution in [3.8, 4) is 45.8 Å². The van der Waals surface area contributed by atoms with E-state index < -0.39 is 12.4 Å². The van der Waals surface area contributed by atoms with Crippen LogP contribution < -0.4 is 14.2 Å². The van der Waals surface area contributed by atoms with E-state index in [-0.39, 0.29) is 5.75 Å². The van der Waals surface area contributed by atoms with Gasteiger partial charge in [-0.05, 0) is 30.3 Å². The van der Waals surface area contributed by atoms with Gasteiger partial charge in [0.05, 0.1) is 20.4 Å². The molecule has 1 N–H and O–H groups in total. The number of hydrogen-bond acceptors (Lipinski definition) is 6. The van der Waals surface area contributed by atoms with Gasteiger partial charge in [-0.25, -0.2) is 4.98 Å². The standard InChI is InChI=1S/C18H15F2NO5/c1-23-12-5-11(6-13(8-12)24-2)17-21-9-16(25-17)10-3-4-15(14(22)7-10)26-18(19)20/h3-9,18,22H,1-2H3. The fourth-order valence-electron chi connectivity index (χ4n) is 2.34. The zero-order valence-electron chi connectivity index (χ0n) is 13.9. The number of rotatable bonds is 6. The van der Waals surface area contributed by atoms with E-state index >= 15 is 0 Å². The second-order valence-electron chi connectivity index (χ2n) is 5.19. The highest BCUT2D eigenvalue weighted by Gasteiger charge is 2.14. The summed E-state index contributed by atoms with van der Waals surface area (Å²) in [4.78, 5) is 4.20. The molecular formula is C18H15F2NO5. The van der Waals surface area contributed by atoms with Crippen LogP contribution in [0.1, 0.15) is 0 Å². The molecule has 0 spiro atoms. The van der Waals surface area contributed by atoms with Gasteiger partial charge in [0.15, 0.2) is 17.3 Å². The predicted molar refractivity (Wildman–Crippen MR) is 88.8 cm³/mol. The number of oxazole rings is 1. The Kier molecular flexibility index (Phi) is 4.92. The van der Waals surface area contributed by atoms with Crippen LogP contribution in [0.2, 0.25) is 0 Å². The lowest BCUT2D eigenvalue weighted by Crippen LogP contribution is -2.01. The van der Waals surface area contributed by atoms with E-state index in [0.29, 0.717) is 34.3 Å². The fraction of sp³-hybridized carbons (Fsp3) is 0.167. The minimum atomic E-state index is -3.02. The molecular weight excluding hydrogens is 348 g/mol. The molecule has 0 atom stereocenters. The van der Waals surface area contributed by atoms with Crippen molar-refractivity contribution in [2.75, 3.05) is 14.2 Å². The maximum Gasteiger partial charge on any atom is 0.387 e. The smallest absolute Gasteiger partial charge is 0.387 e. The highest BCUT2D eigenvalue weighted by atomic mass is 19.3. The van der Waals surface area contributed by atoms with Crippen molar-refractivity contribution < 1.29 is 32.5 Å².